The fourth-order valence-corrected chi connectivity index (χ4v) is 9.82. The molecule has 0 amide bonds. The van der Waals surface area contributed by atoms with Crippen LogP contribution in [0.25, 0.3) is 0 Å². The summed E-state index contributed by atoms with van der Waals surface area (Å²) in [7, 11) is 4.45. The van der Waals surface area contributed by atoms with Crippen LogP contribution in [0.5, 0.6) is 0 Å². The van der Waals surface area contributed by atoms with E-state index in [2.05, 4.69) is 49.3 Å². The highest BCUT2D eigenvalue weighted by Crippen LogP contribution is 2.74. The Morgan fingerprint density at radius 2 is 1.61 bits per heavy atom. The average molecular weight is 444 g/mol. The van der Waals surface area contributed by atoms with Crippen molar-refractivity contribution in [2.75, 3.05) is 27.2 Å². The van der Waals surface area contributed by atoms with Crippen molar-refractivity contribution < 1.29 is 4.74 Å². The zero-order valence-corrected chi connectivity index (χ0v) is 20.5. The second kappa shape index (κ2) is 8.03. The molecule has 7 rings (SSSR count). The van der Waals surface area contributed by atoms with Gasteiger partial charge in [0.2, 0.25) is 0 Å². The van der Waals surface area contributed by atoms with Crippen LogP contribution in [0, 0.1) is 34.5 Å². The lowest BCUT2D eigenvalue weighted by molar-refractivity contribution is -0.226. The standard InChI is InChI=1S/C28H41NO.ClH/c1-29(2)18-23-17-28(30-19-23,25-10-4-3-5-11-25)27-15-21-12-22(16-27)14-26(13-21,20-27)24-8-6-7-9-24;/h3-5,10-11,21-24H,6-9,12-20H2,1-2H3;1H. The van der Waals surface area contributed by atoms with E-state index in [0.29, 0.717) is 16.7 Å². The first-order chi connectivity index (χ1) is 14.5. The summed E-state index contributed by atoms with van der Waals surface area (Å²) in [6, 6.07) is 11.5. The van der Waals surface area contributed by atoms with Crippen LogP contribution >= 0.6 is 12.4 Å². The van der Waals surface area contributed by atoms with Crippen molar-refractivity contribution in [2.24, 2.45) is 34.5 Å². The van der Waals surface area contributed by atoms with E-state index in [4.69, 9.17) is 4.74 Å². The highest BCUT2D eigenvalue weighted by Gasteiger charge is 2.68. The van der Waals surface area contributed by atoms with E-state index in [-0.39, 0.29) is 18.0 Å². The van der Waals surface area contributed by atoms with Gasteiger partial charge in [-0.2, -0.15) is 0 Å². The van der Waals surface area contributed by atoms with Gasteiger partial charge in [0.15, 0.2) is 0 Å². The van der Waals surface area contributed by atoms with Gasteiger partial charge in [0.25, 0.3) is 0 Å². The second-order valence-electron chi connectivity index (χ2n) is 12.4. The molecule has 4 atom stereocenters. The van der Waals surface area contributed by atoms with Crippen LogP contribution in [-0.2, 0) is 10.3 Å². The van der Waals surface area contributed by atoms with E-state index in [1.54, 1.807) is 12.8 Å². The molecule has 1 heterocycles. The summed E-state index contributed by atoms with van der Waals surface area (Å²) in [5.41, 5.74) is 2.47. The predicted molar refractivity (Wildman–Crippen MR) is 129 cm³/mol. The van der Waals surface area contributed by atoms with E-state index >= 15 is 0 Å². The Hall–Kier alpha value is -0.570. The molecule has 6 aliphatic rings. The van der Waals surface area contributed by atoms with Crippen molar-refractivity contribution in [2.45, 2.75) is 76.2 Å². The Morgan fingerprint density at radius 3 is 2.26 bits per heavy atom. The molecular weight excluding hydrogens is 402 g/mol. The Kier molecular flexibility index (Phi) is 5.76. The number of rotatable bonds is 5. The van der Waals surface area contributed by atoms with Gasteiger partial charge in [-0.3, -0.25) is 0 Å². The molecule has 31 heavy (non-hydrogen) atoms. The largest absolute Gasteiger partial charge is 0.369 e. The zero-order valence-electron chi connectivity index (χ0n) is 19.7. The lowest BCUT2D eigenvalue weighted by Crippen LogP contribution is -2.61. The van der Waals surface area contributed by atoms with Crippen LogP contribution in [0.2, 0.25) is 0 Å². The smallest absolute Gasteiger partial charge is 0.0991 e. The fraction of sp³-hybridized carbons (Fsp3) is 0.786. The molecule has 2 nitrogen and oxygen atoms in total. The minimum atomic E-state index is -0.0451. The van der Waals surface area contributed by atoms with Crippen LogP contribution in [-0.4, -0.2) is 32.1 Å². The van der Waals surface area contributed by atoms with E-state index in [0.717, 1.165) is 30.9 Å². The molecule has 1 aliphatic heterocycles. The van der Waals surface area contributed by atoms with Crippen molar-refractivity contribution >= 4 is 12.4 Å². The van der Waals surface area contributed by atoms with Crippen molar-refractivity contribution in [1.82, 2.24) is 4.90 Å². The molecule has 4 bridgehead atoms. The van der Waals surface area contributed by atoms with Gasteiger partial charge < -0.3 is 9.64 Å². The highest BCUT2D eigenvalue weighted by atomic mass is 35.5. The summed E-state index contributed by atoms with van der Waals surface area (Å²) in [4.78, 5) is 2.37. The molecule has 3 heteroatoms. The number of hydrogen-bond donors (Lipinski definition) is 0. The van der Waals surface area contributed by atoms with Gasteiger partial charge in [-0.1, -0.05) is 43.2 Å². The van der Waals surface area contributed by atoms with Crippen molar-refractivity contribution in [1.29, 1.82) is 0 Å². The predicted octanol–water partition coefficient (Wildman–Crippen LogP) is 6.68. The van der Waals surface area contributed by atoms with Gasteiger partial charge in [-0.25, -0.2) is 0 Å². The monoisotopic (exact) mass is 443 g/mol. The minimum absolute atomic E-state index is 0. The zero-order chi connectivity index (χ0) is 20.4. The Labute approximate surface area is 195 Å². The third kappa shape index (κ3) is 3.42. The van der Waals surface area contributed by atoms with Gasteiger partial charge in [-0.05, 0) is 107 Å². The molecule has 172 valence electrons. The van der Waals surface area contributed by atoms with Crippen LogP contribution in [0.4, 0.5) is 0 Å². The maximum atomic E-state index is 7.11. The van der Waals surface area contributed by atoms with Crippen molar-refractivity contribution in [3.8, 4) is 0 Å². The number of ether oxygens (including phenoxy) is 1. The summed E-state index contributed by atoms with van der Waals surface area (Å²) < 4.78 is 7.11. The quantitative estimate of drug-likeness (QED) is 0.503. The lowest BCUT2D eigenvalue weighted by Gasteiger charge is -2.68. The number of benzene rings is 1. The molecule has 6 fully saturated rings. The van der Waals surface area contributed by atoms with Crippen LogP contribution in [0.15, 0.2) is 30.3 Å². The van der Waals surface area contributed by atoms with Gasteiger partial charge in [-0.15, -0.1) is 12.4 Å². The van der Waals surface area contributed by atoms with Crippen LogP contribution in [0.1, 0.15) is 76.2 Å². The summed E-state index contributed by atoms with van der Waals surface area (Å²) in [6.45, 7) is 2.10. The average Bonchev–Trinajstić information content (AvgIpc) is 3.39. The van der Waals surface area contributed by atoms with E-state index in [1.165, 1.54) is 63.4 Å². The van der Waals surface area contributed by atoms with E-state index in [9.17, 15) is 0 Å². The Balaban J connectivity index is 0.00000204. The lowest BCUT2D eigenvalue weighted by atomic mass is 9.38. The molecule has 0 aromatic heterocycles. The molecule has 4 unspecified atom stereocenters. The van der Waals surface area contributed by atoms with Crippen molar-refractivity contribution in [3.63, 3.8) is 0 Å². The first-order valence-corrected chi connectivity index (χ1v) is 12.9. The van der Waals surface area contributed by atoms with Crippen LogP contribution < -0.4 is 0 Å². The summed E-state index contributed by atoms with van der Waals surface area (Å²) in [6.07, 6.45) is 16.2. The molecule has 1 aromatic rings. The topological polar surface area (TPSA) is 12.5 Å². The molecule has 1 aromatic carbocycles. The first kappa shape index (κ1) is 22.2. The second-order valence-corrected chi connectivity index (χ2v) is 12.4. The highest BCUT2D eigenvalue weighted by molar-refractivity contribution is 5.85. The fourth-order valence-electron chi connectivity index (χ4n) is 9.82. The van der Waals surface area contributed by atoms with Gasteiger partial charge in [0.05, 0.1) is 12.2 Å². The third-order valence-corrected chi connectivity index (χ3v) is 10.2. The maximum Gasteiger partial charge on any atom is 0.0991 e. The maximum absolute atomic E-state index is 7.11. The first-order valence-electron chi connectivity index (χ1n) is 12.9. The molecule has 0 spiro atoms. The van der Waals surface area contributed by atoms with Gasteiger partial charge >= 0.3 is 0 Å². The number of hydrogen-bond acceptors (Lipinski definition) is 2. The molecule has 0 radical (unpaired) electrons. The molecule has 5 aliphatic carbocycles. The third-order valence-electron chi connectivity index (χ3n) is 10.2. The molecule has 1 saturated heterocycles. The molecule has 0 N–H and O–H groups in total. The normalized spacial score (nSPS) is 44.2. The van der Waals surface area contributed by atoms with Crippen molar-refractivity contribution in [3.05, 3.63) is 35.9 Å². The van der Waals surface area contributed by atoms with E-state index < -0.39 is 0 Å². The molecular formula is C28H42ClNO. The molecule has 5 saturated carbocycles. The minimum Gasteiger partial charge on any atom is -0.369 e. The number of halogens is 1. The van der Waals surface area contributed by atoms with Gasteiger partial charge in [0.1, 0.15) is 0 Å². The Bertz CT molecular complexity index is 758. The summed E-state index contributed by atoms with van der Waals surface area (Å²) in [5, 5.41) is 0. The summed E-state index contributed by atoms with van der Waals surface area (Å²) >= 11 is 0. The van der Waals surface area contributed by atoms with Gasteiger partial charge in [0, 0.05) is 12.0 Å². The number of nitrogens with zero attached hydrogens (tertiary/aromatic N) is 1. The Morgan fingerprint density at radius 1 is 0.935 bits per heavy atom. The SMILES string of the molecule is CN(C)CC1COC(c2ccccc2)(C23CC4CC(CC(C5CCCC5)(C4)C2)C3)C1.Cl. The summed E-state index contributed by atoms with van der Waals surface area (Å²) in [5.74, 6) is 3.60. The van der Waals surface area contributed by atoms with Crippen LogP contribution in [0.3, 0.4) is 0 Å². The van der Waals surface area contributed by atoms with E-state index in [1.807, 2.05) is 0 Å².